The summed E-state index contributed by atoms with van der Waals surface area (Å²) < 4.78 is 2.58. The Morgan fingerprint density at radius 2 is 0.959 bits per heavy atom. The molecule has 0 N–H and O–H groups in total. The first-order valence-corrected chi connectivity index (χ1v) is 17.4. The highest BCUT2D eigenvalue weighted by Crippen LogP contribution is 2.41. The summed E-state index contributed by atoms with van der Waals surface area (Å²) in [5.41, 5.74) is 7.38. The van der Waals surface area contributed by atoms with E-state index in [0.717, 1.165) is 28.1 Å². The maximum atomic E-state index is 5.38. The van der Waals surface area contributed by atoms with Crippen molar-refractivity contribution in [3.63, 3.8) is 0 Å². The summed E-state index contributed by atoms with van der Waals surface area (Å²) in [6, 6.07) is 60.9. The van der Waals surface area contributed by atoms with Crippen LogP contribution in [0.4, 0.5) is 0 Å². The van der Waals surface area contributed by atoms with Crippen molar-refractivity contribution in [1.82, 2.24) is 9.97 Å². The quantitative estimate of drug-likeness (QED) is 0.141. The van der Waals surface area contributed by atoms with Gasteiger partial charge < -0.3 is 0 Å². The molecule has 0 bridgehead atoms. The standard InChI is InChI=1S/C46H28N2S/c1-2-10-29(11-3-1)30-18-20-32(21-19-30)46-47-41(34-23-25-44-40(27-34)37-16-8-9-17-43(37)49-44)28-42(48-46)45-36-15-7-5-13-33(36)26-39-35-14-6-4-12-31(35)22-24-38(39)45/h1-28H. The molecule has 0 aliphatic rings. The van der Waals surface area contributed by atoms with E-state index >= 15 is 0 Å². The van der Waals surface area contributed by atoms with Gasteiger partial charge in [0.15, 0.2) is 5.82 Å². The Hall–Kier alpha value is -6.16. The molecule has 0 spiro atoms. The van der Waals surface area contributed by atoms with Crippen LogP contribution in [-0.2, 0) is 0 Å². The van der Waals surface area contributed by atoms with E-state index in [-0.39, 0.29) is 0 Å². The first kappa shape index (κ1) is 27.9. The third kappa shape index (κ3) is 4.70. The number of fused-ring (bicyclic) bond motifs is 7. The normalized spacial score (nSPS) is 11.7. The molecule has 0 aliphatic carbocycles. The third-order valence-corrected chi connectivity index (χ3v) is 10.8. The van der Waals surface area contributed by atoms with Crippen LogP contribution in [0.25, 0.3) is 97.5 Å². The monoisotopic (exact) mass is 640 g/mol. The molecule has 228 valence electrons. The fourth-order valence-corrected chi connectivity index (χ4v) is 8.36. The summed E-state index contributed by atoms with van der Waals surface area (Å²) in [5.74, 6) is 0.712. The molecule has 8 aromatic carbocycles. The van der Waals surface area contributed by atoms with Gasteiger partial charge in [0.25, 0.3) is 0 Å². The van der Waals surface area contributed by atoms with Crippen LogP contribution < -0.4 is 0 Å². The predicted octanol–water partition coefficient (Wildman–Crippen LogP) is 13.0. The highest BCUT2D eigenvalue weighted by Gasteiger charge is 2.18. The van der Waals surface area contributed by atoms with Crippen LogP contribution >= 0.6 is 11.3 Å². The molecule has 2 aromatic heterocycles. The van der Waals surface area contributed by atoms with E-state index in [0.29, 0.717) is 5.82 Å². The van der Waals surface area contributed by atoms with Crippen LogP contribution in [0, 0.1) is 0 Å². The zero-order valence-corrected chi connectivity index (χ0v) is 27.3. The van der Waals surface area contributed by atoms with Gasteiger partial charge in [-0.1, -0.05) is 140 Å². The van der Waals surface area contributed by atoms with Gasteiger partial charge in [-0.05, 0) is 73.8 Å². The minimum atomic E-state index is 0.712. The second-order valence-electron chi connectivity index (χ2n) is 12.6. The molecule has 2 heterocycles. The van der Waals surface area contributed by atoms with Gasteiger partial charge in [-0.2, -0.15) is 0 Å². The Morgan fingerprint density at radius 1 is 0.327 bits per heavy atom. The molecule has 0 unspecified atom stereocenters. The summed E-state index contributed by atoms with van der Waals surface area (Å²) in [5, 5.41) is 9.80. The van der Waals surface area contributed by atoms with E-state index in [1.165, 1.54) is 63.6 Å². The number of rotatable bonds is 4. The van der Waals surface area contributed by atoms with Gasteiger partial charge in [-0.15, -0.1) is 11.3 Å². The van der Waals surface area contributed by atoms with E-state index < -0.39 is 0 Å². The predicted molar refractivity (Wildman–Crippen MR) is 209 cm³/mol. The summed E-state index contributed by atoms with van der Waals surface area (Å²) in [7, 11) is 0. The summed E-state index contributed by atoms with van der Waals surface area (Å²) in [4.78, 5) is 10.7. The Kier molecular flexibility index (Phi) is 6.39. The minimum absolute atomic E-state index is 0.712. The number of aromatic nitrogens is 2. The van der Waals surface area contributed by atoms with Crippen molar-refractivity contribution in [2.75, 3.05) is 0 Å². The zero-order chi connectivity index (χ0) is 32.3. The molecule has 0 saturated carbocycles. The maximum Gasteiger partial charge on any atom is 0.160 e. The van der Waals surface area contributed by atoms with Crippen LogP contribution in [0.5, 0.6) is 0 Å². The minimum Gasteiger partial charge on any atom is -0.228 e. The average molecular weight is 641 g/mol. The summed E-state index contributed by atoms with van der Waals surface area (Å²) in [6.07, 6.45) is 0. The second-order valence-corrected chi connectivity index (χ2v) is 13.7. The summed E-state index contributed by atoms with van der Waals surface area (Å²) >= 11 is 1.84. The van der Waals surface area contributed by atoms with E-state index in [1.54, 1.807) is 0 Å². The first-order chi connectivity index (χ1) is 24.3. The molecule has 0 aliphatic heterocycles. The molecule has 0 fully saturated rings. The molecule has 0 saturated heterocycles. The number of nitrogens with zero attached hydrogens (tertiary/aromatic N) is 2. The van der Waals surface area contributed by atoms with Gasteiger partial charge in [0, 0.05) is 36.9 Å². The largest absolute Gasteiger partial charge is 0.228 e. The Bertz CT molecular complexity index is 2870. The highest BCUT2D eigenvalue weighted by molar-refractivity contribution is 7.25. The van der Waals surface area contributed by atoms with Crippen LogP contribution in [0.1, 0.15) is 0 Å². The molecule has 0 radical (unpaired) electrons. The Labute approximate surface area is 287 Å². The smallest absolute Gasteiger partial charge is 0.160 e. The van der Waals surface area contributed by atoms with Crippen LogP contribution in [0.15, 0.2) is 170 Å². The molecule has 10 aromatic rings. The fourth-order valence-electron chi connectivity index (χ4n) is 7.28. The lowest BCUT2D eigenvalue weighted by Crippen LogP contribution is -1.97. The van der Waals surface area contributed by atoms with Crippen LogP contribution in [0.2, 0.25) is 0 Å². The SMILES string of the molecule is c1ccc(-c2ccc(-c3nc(-c4ccc5sc6ccccc6c5c4)cc(-c4c5ccccc5cc5c4ccc4ccccc45)n3)cc2)cc1. The number of thiophene rings is 1. The molecule has 10 rings (SSSR count). The maximum absolute atomic E-state index is 5.38. The van der Waals surface area contributed by atoms with Crippen LogP contribution in [0.3, 0.4) is 0 Å². The molecular formula is C46H28N2S. The van der Waals surface area contributed by atoms with Crippen molar-refractivity contribution >= 4 is 63.8 Å². The lowest BCUT2D eigenvalue weighted by atomic mass is 9.91. The molecule has 49 heavy (non-hydrogen) atoms. The topological polar surface area (TPSA) is 25.8 Å². The van der Waals surface area contributed by atoms with Crippen molar-refractivity contribution in [3.05, 3.63) is 170 Å². The van der Waals surface area contributed by atoms with E-state index in [2.05, 4.69) is 170 Å². The number of benzene rings is 8. The van der Waals surface area contributed by atoms with Crippen molar-refractivity contribution in [1.29, 1.82) is 0 Å². The highest BCUT2D eigenvalue weighted by atomic mass is 32.1. The van der Waals surface area contributed by atoms with Crippen molar-refractivity contribution in [2.45, 2.75) is 0 Å². The van der Waals surface area contributed by atoms with Gasteiger partial charge in [0.2, 0.25) is 0 Å². The van der Waals surface area contributed by atoms with Crippen molar-refractivity contribution in [3.8, 4) is 45.0 Å². The van der Waals surface area contributed by atoms with Gasteiger partial charge in [0.1, 0.15) is 0 Å². The molecule has 3 heteroatoms. The molecule has 0 amide bonds. The molecular weight excluding hydrogens is 613 g/mol. The fraction of sp³-hybridized carbons (Fsp3) is 0. The molecule has 2 nitrogen and oxygen atoms in total. The van der Waals surface area contributed by atoms with Gasteiger partial charge >= 0.3 is 0 Å². The second kappa shape index (κ2) is 11.2. The van der Waals surface area contributed by atoms with E-state index in [4.69, 9.17) is 9.97 Å². The van der Waals surface area contributed by atoms with E-state index in [1.807, 2.05) is 11.3 Å². The average Bonchev–Trinajstić information content (AvgIpc) is 3.55. The number of hydrogen-bond acceptors (Lipinski definition) is 3. The van der Waals surface area contributed by atoms with Crippen molar-refractivity contribution < 1.29 is 0 Å². The molecule has 0 atom stereocenters. The van der Waals surface area contributed by atoms with Gasteiger partial charge in [0.05, 0.1) is 11.4 Å². The number of hydrogen-bond donors (Lipinski definition) is 0. The zero-order valence-electron chi connectivity index (χ0n) is 26.5. The lowest BCUT2D eigenvalue weighted by Gasteiger charge is -2.15. The first-order valence-electron chi connectivity index (χ1n) is 16.6. The van der Waals surface area contributed by atoms with E-state index in [9.17, 15) is 0 Å². The van der Waals surface area contributed by atoms with Crippen molar-refractivity contribution in [2.24, 2.45) is 0 Å². The van der Waals surface area contributed by atoms with Crippen LogP contribution in [-0.4, -0.2) is 9.97 Å². The Balaban J connectivity index is 1.24. The summed E-state index contributed by atoms with van der Waals surface area (Å²) in [6.45, 7) is 0. The van der Waals surface area contributed by atoms with Gasteiger partial charge in [-0.3, -0.25) is 0 Å². The third-order valence-electron chi connectivity index (χ3n) is 9.67. The lowest BCUT2D eigenvalue weighted by molar-refractivity contribution is 1.19. The Morgan fingerprint density at radius 3 is 1.82 bits per heavy atom. The van der Waals surface area contributed by atoms with Gasteiger partial charge in [-0.25, -0.2) is 9.97 Å².